The maximum Gasteiger partial charge on any atom is 0.319 e. The summed E-state index contributed by atoms with van der Waals surface area (Å²) in [6.45, 7) is 3.04. The van der Waals surface area contributed by atoms with Crippen molar-refractivity contribution in [1.82, 2.24) is 20.2 Å². The summed E-state index contributed by atoms with van der Waals surface area (Å²) in [5, 5.41) is 15.3. The number of hydrogen-bond acceptors (Lipinski definition) is 7. The van der Waals surface area contributed by atoms with Crippen LogP contribution in [0.5, 0.6) is 11.8 Å². The lowest BCUT2D eigenvalue weighted by Crippen LogP contribution is -2.51. The number of benzene rings is 2. The molecule has 1 aliphatic carbocycles. The largest absolute Gasteiger partial charge is 0.508 e. The van der Waals surface area contributed by atoms with E-state index in [-0.39, 0.29) is 39.8 Å². The smallest absolute Gasteiger partial charge is 0.319 e. The Kier molecular flexibility index (Phi) is 6.50. The Morgan fingerprint density at radius 2 is 1.82 bits per heavy atom. The first-order valence-corrected chi connectivity index (χ1v) is 14.7. The summed E-state index contributed by atoms with van der Waals surface area (Å²) in [6.07, 6.45) is 6.34. The third kappa shape index (κ3) is 4.69. The highest BCUT2D eigenvalue weighted by atomic mass is 35.5. The highest BCUT2D eigenvalue weighted by molar-refractivity contribution is 6.35. The third-order valence-corrected chi connectivity index (χ3v) is 9.41. The van der Waals surface area contributed by atoms with Crippen molar-refractivity contribution in [2.45, 2.75) is 62.6 Å². The monoisotopic (exact) mass is 571 g/mol. The van der Waals surface area contributed by atoms with E-state index in [1.165, 1.54) is 6.07 Å². The van der Waals surface area contributed by atoms with Crippen LogP contribution in [0.4, 0.5) is 10.2 Å². The number of halogens is 3. The van der Waals surface area contributed by atoms with E-state index >= 15 is 4.39 Å². The summed E-state index contributed by atoms with van der Waals surface area (Å²) in [5.74, 6) is 0.292. The van der Waals surface area contributed by atoms with Crippen LogP contribution in [-0.4, -0.2) is 71.4 Å². The molecule has 10 heteroatoms. The second kappa shape index (κ2) is 9.91. The molecular weight excluding hydrogens is 540 g/mol. The summed E-state index contributed by atoms with van der Waals surface area (Å²) >= 11 is 13.4. The molecule has 39 heavy (non-hydrogen) atoms. The van der Waals surface area contributed by atoms with Gasteiger partial charge in [-0.1, -0.05) is 23.2 Å². The predicted molar refractivity (Wildman–Crippen MR) is 152 cm³/mol. The Morgan fingerprint density at radius 3 is 2.51 bits per heavy atom. The first-order chi connectivity index (χ1) is 18.9. The fraction of sp³-hybridized carbons (Fsp3) is 0.517. The molecule has 3 atom stereocenters. The van der Waals surface area contributed by atoms with Crippen molar-refractivity contribution in [2.24, 2.45) is 0 Å². The molecular formula is C29H32Cl2FN5O2. The molecule has 206 valence electrons. The Morgan fingerprint density at radius 1 is 1.05 bits per heavy atom. The van der Waals surface area contributed by atoms with Crippen LogP contribution in [-0.2, 0) is 0 Å². The average Bonchev–Trinajstić information content (AvgIpc) is 3.56. The molecule has 1 aromatic heterocycles. The first-order valence-electron chi connectivity index (χ1n) is 13.9. The van der Waals surface area contributed by atoms with Gasteiger partial charge in [0, 0.05) is 47.2 Å². The van der Waals surface area contributed by atoms with Gasteiger partial charge in [-0.3, -0.25) is 0 Å². The lowest BCUT2D eigenvalue weighted by molar-refractivity contribution is 0.188. The summed E-state index contributed by atoms with van der Waals surface area (Å²) in [6, 6.07) is 6.03. The highest BCUT2D eigenvalue weighted by Crippen LogP contribution is 2.51. The number of anilines is 1. The molecule has 0 spiro atoms. The van der Waals surface area contributed by atoms with Gasteiger partial charge in [0.05, 0.1) is 5.02 Å². The van der Waals surface area contributed by atoms with E-state index in [0.717, 1.165) is 63.7 Å². The maximum absolute atomic E-state index is 16.6. The number of rotatable bonds is 6. The number of phenols is 1. The molecule has 2 aromatic carbocycles. The molecule has 2 N–H and O–H groups in total. The van der Waals surface area contributed by atoms with Crippen molar-refractivity contribution in [3.8, 4) is 22.9 Å². The van der Waals surface area contributed by atoms with Crippen molar-refractivity contribution in [2.75, 3.05) is 38.2 Å². The Hall–Kier alpha value is -2.39. The minimum Gasteiger partial charge on any atom is -0.508 e. The molecule has 3 aliphatic heterocycles. The van der Waals surface area contributed by atoms with E-state index < -0.39 is 5.82 Å². The van der Waals surface area contributed by atoms with Crippen molar-refractivity contribution < 1.29 is 14.2 Å². The zero-order valence-corrected chi connectivity index (χ0v) is 23.4. The molecule has 4 heterocycles. The summed E-state index contributed by atoms with van der Waals surface area (Å²) in [7, 11) is 2.09. The van der Waals surface area contributed by atoms with Gasteiger partial charge in [-0.25, -0.2) is 4.39 Å². The molecule has 0 amide bonds. The number of nitrogens with one attached hydrogen (secondary N) is 1. The standard InChI is InChI=1S/C29H32Cl2FN5O2/c1-36-8-2-3-18(36)14-39-29-34-27-21(28(35-29)37-12-16-6-7-17(13-37)33-16)11-23(31)25(26(27)32)20-9-19(38)10-22(30)24(20)15-4-5-15/h9-11,15-18,33,38H,2-8,12-14H2,1H3/t16?,17?,18-/m0/s1. The van der Waals surface area contributed by atoms with Crippen LogP contribution >= 0.6 is 23.2 Å². The van der Waals surface area contributed by atoms with Gasteiger partial charge in [0.2, 0.25) is 0 Å². The molecule has 1 saturated carbocycles. The summed E-state index contributed by atoms with van der Waals surface area (Å²) in [4.78, 5) is 13.9. The van der Waals surface area contributed by atoms with Gasteiger partial charge >= 0.3 is 6.01 Å². The molecule has 7 nitrogen and oxygen atoms in total. The van der Waals surface area contributed by atoms with Crippen molar-refractivity contribution in [3.05, 3.63) is 39.6 Å². The molecule has 2 bridgehead atoms. The van der Waals surface area contributed by atoms with E-state index in [2.05, 4.69) is 27.1 Å². The van der Waals surface area contributed by atoms with E-state index in [1.54, 1.807) is 12.1 Å². The van der Waals surface area contributed by atoms with Gasteiger partial charge in [-0.15, -0.1) is 0 Å². The number of likely N-dealkylation sites (N-methyl/N-ethyl adjacent to an activating group) is 1. The van der Waals surface area contributed by atoms with Crippen LogP contribution in [0.2, 0.25) is 10.0 Å². The topological polar surface area (TPSA) is 73.8 Å². The van der Waals surface area contributed by atoms with Gasteiger partial charge in [0.1, 0.15) is 23.7 Å². The van der Waals surface area contributed by atoms with Crippen LogP contribution in [0.3, 0.4) is 0 Å². The van der Waals surface area contributed by atoms with Crippen LogP contribution in [0.25, 0.3) is 22.0 Å². The lowest BCUT2D eigenvalue weighted by Gasteiger charge is -2.34. The zero-order chi connectivity index (χ0) is 26.8. The minimum absolute atomic E-state index is 0.0284. The Bertz CT molecular complexity index is 1440. The fourth-order valence-corrected chi connectivity index (χ4v) is 7.30. The average molecular weight is 573 g/mol. The minimum atomic E-state index is -0.550. The third-order valence-electron chi connectivity index (χ3n) is 8.80. The van der Waals surface area contributed by atoms with Gasteiger partial charge in [0.25, 0.3) is 0 Å². The normalized spacial score (nSPS) is 25.1. The van der Waals surface area contributed by atoms with Gasteiger partial charge in [0.15, 0.2) is 5.82 Å². The SMILES string of the molecule is CN1CCC[C@H]1COc1nc(N2CC3CCC(C2)N3)c2cc(Cl)c(-c3cc(O)cc(Cl)c3C3CC3)c(F)c2n1. The van der Waals surface area contributed by atoms with Crippen LogP contribution in [0.1, 0.15) is 50.0 Å². The molecule has 3 saturated heterocycles. The molecule has 0 radical (unpaired) electrons. The van der Waals surface area contributed by atoms with E-state index in [4.69, 9.17) is 32.9 Å². The molecule has 4 aliphatic rings. The Balaban J connectivity index is 1.37. The summed E-state index contributed by atoms with van der Waals surface area (Å²) < 4.78 is 22.8. The molecule has 7 rings (SSSR count). The molecule has 3 aromatic rings. The molecule has 2 unspecified atom stereocenters. The number of piperazine rings is 1. The lowest BCUT2D eigenvalue weighted by atomic mass is 9.94. The number of likely N-dealkylation sites (tertiary alicyclic amines) is 1. The van der Waals surface area contributed by atoms with Gasteiger partial charge in [-0.2, -0.15) is 9.97 Å². The molecule has 4 fully saturated rings. The Labute approximate surface area is 237 Å². The highest BCUT2D eigenvalue weighted by Gasteiger charge is 2.35. The van der Waals surface area contributed by atoms with Crippen LogP contribution in [0.15, 0.2) is 18.2 Å². The predicted octanol–water partition coefficient (Wildman–Crippen LogP) is 5.74. The number of aromatic nitrogens is 2. The van der Waals surface area contributed by atoms with Crippen LogP contribution < -0.4 is 15.0 Å². The number of ether oxygens (including phenoxy) is 1. The fourth-order valence-electron chi connectivity index (χ4n) is 6.64. The van der Waals surface area contributed by atoms with E-state index in [9.17, 15) is 5.11 Å². The number of hydrogen-bond donors (Lipinski definition) is 2. The first kappa shape index (κ1) is 25.6. The van der Waals surface area contributed by atoms with Gasteiger partial charge < -0.3 is 25.0 Å². The van der Waals surface area contributed by atoms with Crippen molar-refractivity contribution in [3.63, 3.8) is 0 Å². The zero-order valence-electron chi connectivity index (χ0n) is 21.9. The maximum atomic E-state index is 16.6. The number of fused-ring (bicyclic) bond motifs is 3. The van der Waals surface area contributed by atoms with E-state index in [1.807, 2.05) is 0 Å². The van der Waals surface area contributed by atoms with Crippen molar-refractivity contribution >= 4 is 39.9 Å². The quantitative estimate of drug-likeness (QED) is 0.391. The second-order valence-electron chi connectivity index (χ2n) is 11.6. The number of phenolic OH excluding ortho intramolecular Hbond substituents is 1. The number of aromatic hydroxyl groups is 1. The number of nitrogens with zero attached hydrogens (tertiary/aromatic N) is 4. The summed E-state index contributed by atoms with van der Waals surface area (Å²) in [5.41, 5.74) is 1.71. The van der Waals surface area contributed by atoms with Gasteiger partial charge in [-0.05, 0) is 87.4 Å². The van der Waals surface area contributed by atoms with Crippen molar-refractivity contribution in [1.29, 1.82) is 0 Å². The second-order valence-corrected chi connectivity index (χ2v) is 12.4. The van der Waals surface area contributed by atoms with Crippen LogP contribution in [0, 0.1) is 5.82 Å². The van der Waals surface area contributed by atoms with E-state index in [0.29, 0.717) is 40.5 Å².